The van der Waals surface area contributed by atoms with E-state index in [0.717, 1.165) is 23.5 Å². The first-order valence-corrected chi connectivity index (χ1v) is 7.68. The molecule has 2 aromatic rings. The predicted molar refractivity (Wildman–Crippen MR) is 92.4 cm³/mol. The molecule has 0 atom stereocenters. The van der Waals surface area contributed by atoms with Gasteiger partial charge in [0.25, 0.3) is 0 Å². The molecule has 0 aliphatic rings. The number of hydrogen-bond donors (Lipinski definition) is 1. The minimum Gasteiger partial charge on any atom is -0.366 e. The summed E-state index contributed by atoms with van der Waals surface area (Å²) >= 11 is 0. The van der Waals surface area contributed by atoms with E-state index >= 15 is 0 Å². The maximum atomic E-state index is 4.88. The van der Waals surface area contributed by atoms with Gasteiger partial charge in [-0.05, 0) is 24.3 Å². The quantitative estimate of drug-likeness (QED) is 0.623. The molecule has 1 aromatic heterocycles. The summed E-state index contributed by atoms with van der Waals surface area (Å²) in [6.45, 7) is 6.87. The van der Waals surface area contributed by atoms with E-state index in [0.29, 0.717) is 5.41 Å². The lowest BCUT2D eigenvalue weighted by atomic mass is 9.90. The van der Waals surface area contributed by atoms with Crippen molar-refractivity contribution in [2.75, 3.05) is 14.1 Å². The number of aliphatic imine (C=N–C) groups is 1. The Hall–Kier alpha value is -1.77. The number of benzene rings is 1. The summed E-state index contributed by atoms with van der Waals surface area (Å²) in [7, 11) is 4.15. The van der Waals surface area contributed by atoms with E-state index in [-0.39, 0.29) is 0 Å². The zero-order valence-corrected chi connectivity index (χ0v) is 13.9. The van der Waals surface area contributed by atoms with Gasteiger partial charge in [-0.25, -0.2) is 4.99 Å². The molecular formula is C18H27N3. The molecular weight excluding hydrogens is 258 g/mol. The third-order valence-electron chi connectivity index (χ3n) is 3.66. The van der Waals surface area contributed by atoms with E-state index in [4.69, 9.17) is 4.99 Å². The van der Waals surface area contributed by atoms with Gasteiger partial charge in [-0.3, -0.25) is 0 Å². The van der Waals surface area contributed by atoms with Crippen molar-refractivity contribution in [1.29, 1.82) is 0 Å². The van der Waals surface area contributed by atoms with E-state index in [9.17, 15) is 0 Å². The second-order valence-electron chi connectivity index (χ2n) is 7.06. The molecule has 0 spiro atoms. The van der Waals surface area contributed by atoms with Crippen molar-refractivity contribution in [1.82, 2.24) is 9.88 Å². The summed E-state index contributed by atoms with van der Waals surface area (Å²) in [4.78, 5) is 10.3. The summed E-state index contributed by atoms with van der Waals surface area (Å²) in [6.07, 6.45) is 5.40. The van der Waals surface area contributed by atoms with Crippen molar-refractivity contribution < 1.29 is 0 Å². The minimum absolute atomic E-state index is 0.387. The molecule has 0 saturated carbocycles. The predicted octanol–water partition coefficient (Wildman–Crippen LogP) is 4.98. The average molecular weight is 285 g/mol. The van der Waals surface area contributed by atoms with Crippen LogP contribution in [-0.2, 0) is 0 Å². The summed E-state index contributed by atoms with van der Waals surface area (Å²) < 4.78 is 0. The van der Waals surface area contributed by atoms with E-state index in [1.54, 1.807) is 0 Å². The van der Waals surface area contributed by atoms with Crippen molar-refractivity contribution in [3.63, 3.8) is 0 Å². The van der Waals surface area contributed by atoms with E-state index in [1.807, 2.05) is 12.3 Å². The minimum atomic E-state index is 0.387. The first-order chi connectivity index (χ1) is 9.87. The van der Waals surface area contributed by atoms with Crippen molar-refractivity contribution in [2.45, 2.75) is 40.0 Å². The largest absolute Gasteiger partial charge is 0.366 e. The Balaban J connectivity index is 2.17. The zero-order chi connectivity index (χ0) is 15.5. The fourth-order valence-corrected chi connectivity index (χ4v) is 2.44. The molecule has 0 saturated heterocycles. The number of nitrogens with one attached hydrogen (secondary N) is 1. The summed E-state index contributed by atoms with van der Waals surface area (Å²) in [5.74, 6) is 1.14. The monoisotopic (exact) mass is 285 g/mol. The molecule has 3 heteroatoms. The lowest BCUT2D eigenvalue weighted by Gasteiger charge is -2.20. The third kappa shape index (κ3) is 4.35. The molecule has 1 heterocycles. The van der Waals surface area contributed by atoms with Crippen molar-refractivity contribution in [2.24, 2.45) is 10.4 Å². The number of hydrogen-bond acceptors (Lipinski definition) is 1. The summed E-state index contributed by atoms with van der Waals surface area (Å²) in [6, 6.07) is 8.31. The smallest absolute Gasteiger partial charge is 0.104 e. The van der Waals surface area contributed by atoms with Crippen LogP contribution in [0.1, 0.15) is 40.0 Å². The zero-order valence-electron chi connectivity index (χ0n) is 13.9. The second-order valence-corrected chi connectivity index (χ2v) is 7.06. The maximum absolute atomic E-state index is 4.88. The molecule has 0 bridgehead atoms. The molecule has 3 nitrogen and oxygen atoms in total. The Morgan fingerprint density at radius 3 is 2.57 bits per heavy atom. The van der Waals surface area contributed by atoms with Crippen LogP contribution < -0.4 is 0 Å². The number of aromatic nitrogens is 1. The highest BCUT2D eigenvalue weighted by atomic mass is 15.1. The number of aromatic amines is 1. The van der Waals surface area contributed by atoms with Crippen LogP contribution >= 0.6 is 0 Å². The molecule has 0 aliphatic carbocycles. The van der Waals surface area contributed by atoms with Gasteiger partial charge >= 0.3 is 0 Å². The van der Waals surface area contributed by atoms with E-state index < -0.39 is 0 Å². The molecule has 0 amide bonds. The number of para-hydroxylation sites is 1. The van der Waals surface area contributed by atoms with Crippen LogP contribution in [0.3, 0.4) is 0 Å². The molecule has 0 aliphatic heterocycles. The molecule has 2 rings (SSSR count). The molecule has 114 valence electrons. The van der Waals surface area contributed by atoms with Crippen LogP contribution in [0.5, 0.6) is 0 Å². The SMILES string of the molecule is CN(C)C(CCCC(C)(C)C)=Nc1c[nH]c2ccccc12. The van der Waals surface area contributed by atoms with Gasteiger partial charge in [-0.2, -0.15) is 0 Å². The molecule has 0 fully saturated rings. The number of rotatable bonds is 4. The Bertz CT molecular complexity index is 615. The highest BCUT2D eigenvalue weighted by Gasteiger charge is 2.12. The molecule has 1 N–H and O–H groups in total. The number of H-pyrrole nitrogens is 1. The fourth-order valence-electron chi connectivity index (χ4n) is 2.44. The topological polar surface area (TPSA) is 31.4 Å². The van der Waals surface area contributed by atoms with Gasteiger partial charge in [-0.15, -0.1) is 0 Å². The average Bonchev–Trinajstić information content (AvgIpc) is 2.79. The van der Waals surface area contributed by atoms with Crippen molar-refractivity contribution in [3.8, 4) is 0 Å². The van der Waals surface area contributed by atoms with E-state index in [1.165, 1.54) is 18.2 Å². The van der Waals surface area contributed by atoms with E-state index in [2.05, 4.69) is 62.9 Å². The van der Waals surface area contributed by atoms with Gasteiger partial charge in [0.05, 0.1) is 5.69 Å². The first kappa shape index (κ1) is 15.6. The summed E-state index contributed by atoms with van der Waals surface area (Å²) in [5.41, 5.74) is 2.56. The molecule has 1 aromatic carbocycles. The molecule has 0 unspecified atom stereocenters. The van der Waals surface area contributed by atoms with Crippen LogP contribution in [0.25, 0.3) is 10.9 Å². The highest BCUT2D eigenvalue weighted by Crippen LogP contribution is 2.27. The van der Waals surface area contributed by atoms with Crippen LogP contribution in [-0.4, -0.2) is 29.8 Å². The van der Waals surface area contributed by atoms with Gasteiger partial charge in [0, 0.05) is 37.6 Å². The number of amidine groups is 1. The van der Waals surface area contributed by atoms with Gasteiger partial charge in [0.15, 0.2) is 0 Å². The van der Waals surface area contributed by atoms with Crippen LogP contribution in [0, 0.1) is 5.41 Å². The van der Waals surface area contributed by atoms with Crippen LogP contribution in [0.2, 0.25) is 0 Å². The third-order valence-corrected chi connectivity index (χ3v) is 3.66. The van der Waals surface area contributed by atoms with Gasteiger partial charge < -0.3 is 9.88 Å². The van der Waals surface area contributed by atoms with Gasteiger partial charge in [-0.1, -0.05) is 39.0 Å². The molecule has 21 heavy (non-hydrogen) atoms. The maximum Gasteiger partial charge on any atom is 0.104 e. The van der Waals surface area contributed by atoms with Crippen LogP contribution in [0.15, 0.2) is 35.5 Å². The van der Waals surface area contributed by atoms with Crippen LogP contribution in [0.4, 0.5) is 5.69 Å². The number of fused-ring (bicyclic) bond motifs is 1. The van der Waals surface area contributed by atoms with Crippen molar-refractivity contribution >= 4 is 22.4 Å². The lowest BCUT2D eigenvalue weighted by molar-refractivity contribution is 0.366. The molecule has 0 radical (unpaired) electrons. The Labute approximate surface area is 128 Å². The number of nitrogens with zero attached hydrogens (tertiary/aromatic N) is 2. The fraction of sp³-hybridized carbons (Fsp3) is 0.500. The highest BCUT2D eigenvalue weighted by molar-refractivity contribution is 5.95. The normalized spacial score (nSPS) is 12.9. The Morgan fingerprint density at radius 1 is 1.19 bits per heavy atom. The van der Waals surface area contributed by atoms with Crippen molar-refractivity contribution in [3.05, 3.63) is 30.5 Å². The van der Waals surface area contributed by atoms with Gasteiger partial charge in [0.1, 0.15) is 5.84 Å². The standard InChI is InChI=1S/C18H27N3/c1-18(2,3)12-8-11-17(21(4)5)20-16-13-19-15-10-7-6-9-14(15)16/h6-7,9-10,13,19H,8,11-12H2,1-5H3. The Morgan fingerprint density at radius 2 is 1.90 bits per heavy atom. The van der Waals surface area contributed by atoms with Gasteiger partial charge in [0.2, 0.25) is 0 Å². The first-order valence-electron chi connectivity index (χ1n) is 7.68. The Kier molecular flexibility index (Phi) is 4.71. The lowest BCUT2D eigenvalue weighted by Crippen LogP contribution is -2.22. The summed E-state index contributed by atoms with van der Waals surface area (Å²) in [5, 5.41) is 1.19. The second kappa shape index (κ2) is 6.33.